The molecule has 0 aliphatic carbocycles. The van der Waals surface area contributed by atoms with Crippen molar-refractivity contribution < 1.29 is 32.8 Å². The fourth-order valence-electron chi connectivity index (χ4n) is 4.86. The van der Waals surface area contributed by atoms with Gasteiger partial charge in [0.15, 0.2) is 22.9 Å². The number of nitrogens with one attached hydrogen (secondary N) is 3. The van der Waals surface area contributed by atoms with Gasteiger partial charge in [0.1, 0.15) is 23.9 Å². The molecule has 3 rings (SSSR count). The highest BCUT2D eigenvalue weighted by Gasteiger charge is 2.55. The monoisotopic (exact) mass is 749 g/mol. The Labute approximate surface area is 301 Å². The van der Waals surface area contributed by atoms with E-state index < -0.39 is 81.0 Å². The maximum atomic E-state index is 13.7. The van der Waals surface area contributed by atoms with Crippen molar-refractivity contribution in [2.45, 2.75) is 141 Å². The summed E-state index contributed by atoms with van der Waals surface area (Å²) >= 11 is 0. The van der Waals surface area contributed by atoms with E-state index in [0.717, 1.165) is 0 Å². The van der Waals surface area contributed by atoms with E-state index in [1.165, 1.54) is 41.1 Å². The third-order valence-electron chi connectivity index (χ3n) is 9.69. The number of aromatic nitrogens is 2. The molecular weight excluding hydrogens is 695 g/mol. The molecule has 0 saturated carbocycles. The molecule has 1 aromatic heterocycles. The largest absolute Gasteiger partial charge is 0.458 e. The highest BCUT2D eigenvalue weighted by Crippen LogP contribution is 2.46. The summed E-state index contributed by atoms with van der Waals surface area (Å²) in [5, 5.41) is 15.9. The number of amides is 2. The summed E-state index contributed by atoms with van der Waals surface area (Å²) in [4.78, 5) is 65.2. The summed E-state index contributed by atoms with van der Waals surface area (Å²) in [6.07, 6.45) is -2.41. The molecule has 1 aliphatic heterocycles. The van der Waals surface area contributed by atoms with Crippen LogP contribution in [0.3, 0.4) is 0 Å². The number of benzene rings is 1. The van der Waals surface area contributed by atoms with Crippen molar-refractivity contribution in [2.75, 3.05) is 5.32 Å². The summed E-state index contributed by atoms with van der Waals surface area (Å²) in [5.74, 6) is -0.734. The molecule has 2 aromatic rings. The van der Waals surface area contributed by atoms with E-state index in [0.29, 0.717) is 0 Å². The summed E-state index contributed by atoms with van der Waals surface area (Å²) in [5.41, 5.74) is -2.07. The van der Waals surface area contributed by atoms with Crippen LogP contribution in [0.15, 0.2) is 46.1 Å². The Balaban J connectivity index is 2.12. The molecule has 0 bridgehead atoms. The van der Waals surface area contributed by atoms with Crippen LogP contribution in [0.2, 0.25) is 36.3 Å². The normalized spacial score (nSPS) is 20.8. The zero-order chi connectivity index (χ0) is 38.9. The molecule has 1 aliphatic rings. The standard InChI is InChI=1S/C34H55N5O10Si2/c1-32(2,3)47-29(41)23(36-30(42)35-21-14-16-22(17-15-21)39(44)45)20-24-26(48-50(10,11)33(4,5)6)27(49-51(12,13)34(7,8)9)28(46-24)38-19-18-25(40)37-31(38)43/h14-19,23-24,26-28H,20H2,1-13H3,(H2,35,36,42)(H,37,40,43)/t23-,24-,26-,27-,28-/m1/s1. The Hall–Kier alpha value is -3.65. The van der Waals surface area contributed by atoms with E-state index >= 15 is 0 Å². The van der Waals surface area contributed by atoms with Crippen LogP contribution >= 0.6 is 0 Å². The topological polar surface area (TPSA) is 193 Å². The van der Waals surface area contributed by atoms with Crippen molar-refractivity contribution in [3.8, 4) is 0 Å². The average molecular weight is 750 g/mol. The van der Waals surface area contributed by atoms with Gasteiger partial charge in [-0.05, 0) is 69.2 Å². The number of carbonyl (C=O) groups is 2. The summed E-state index contributed by atoms with van der Waals surface area (Å²) in [6.45, 7) is 25.9. The first kappa shape index (κ1) is 41.8. The molecule has 0 spiro atoms. The van der Waals surface area contributed by atoms with E-state index in [1.807, 2.05) is 0 Å². The minimum Gasteiger partial charge on any atom is -0.458 e. The predicted molar refractivity (Wildman–Crippen MR) is 199 cm³/mol. The number of hydrogen-bond donors (Lipinski definition) is 3. The lowest BCUT2D eigenvalue weighted by Crippen LogP contribution is -2.55. The number of ether oxygens (including phenoxy) is 2. The minimum absolute atomic E-state index is 0.131. The number of hydrogen-bond acceptors (Lipinski definition) is 10. The zero-order valence-corrected chi connectivity index (χ0v) is 34.0. The molecule has 1 aromatic carbocycles. The number of urea groups is 1. The van der Waals surface area contributed by atoms with Crippen LogP contribution < -0.4 is 21.9 Å². The Morgan fingerprint density at radius 3 is 1.92 bits per heavy atom. The molecule has 5 atom stereocenters. The predicted octanol–water partition coefficient (Wildman–Crippen LogP) is 6.05. The first-order valence-corrected chi connectivity index (χ1v) is 22.8. The maximum absolute atomic E-state index is 13.7. The van der Waals surface area contributed by atoms with Crippen LogP contribution in [0.25, 0.3) is 0 Å². The molecule has 0 radical (unpaired) electrons. The van der Waals surface area contributed by atoms with Gasteiger partial charge < -0.3 is 29.0 Å². The smallest absolute Gasteiger partial charge is 0.330 e. The number of anilines is 1. The number of non-ortho nitro benzene ring substituents is 1. The molecule has 1 fully saturated rings. The van der Waals surface area contributed by atoms with Crippen LogP contribution in [0.5, 0.6) is 0 Å². The highest BCUT2D eigenvalue weighted by atomic mass is 28.4. The lowest BCUT2D eigenvalue weighted by atomic mass is 10.0. The van der Waals surface area contributed by atoms with Crippen molar-refractivity contribution >= 4 is 40.0 Å². The summed E-state index contributed by atoms with van der Waals surface area (Å²) in [6, 6.07) is 4.44. The Kier molecular flexibility index (Phi) is 12.4. The van der Waals surface area contributed by atoms with Crippen molar-refractivity contribution in [3.05, 3.63) is 67.5 Å². The fourth-order valence-corrected chi connectivity index (χ4v) is 7.47. The molecule has 2 heterocycles. The van der Waals surface area contributed by atoms with E-state index in [2.05, 4.69) is 83.3 Å². The maximum Gasteiger partial charge on any atom is 0.330 e. The van der Waals surface area contributed by atoms with Gasteiger partial charge in [-0.2, -0.15) is 0 Å². The van der Waals surface area contributed by atoms with Crippen molar-refractivity contribution in [1.82, 2.24) is 14.9 Å². The Morgan fingerprint density at radius 1 is 0.922 bits per heavy atom. The van der Waals surface area contributed by atoms with Gasteiger partial charge >= 0.3 is 17.7 Å². The lowest BCUT2D eigenvalue weighted by Gasteiger charge is -2.44. The summed E-state index contributed by atoms with van der Waals surface area (Å²) in [7, 11) is -5.18. The van der Waals surface area contributed by atoms with E-state index in [9.17, 15) is 29.3 Å². The molecule has 17 heteroatoms. The second-order valence-corrected chi connectivity index (χ2v) is 26.5. The number of aromatic amines is 1. The second-order valence-electron chi connectivity index (χ2n) is 17.0. The van der Waals surface area contributed by atoms with Crippen molar-refractivity contribution in [3.63, 3.8) is 0 Å². The third kappa shape index (κ3) is 10.7. The van der Waals surface area contributed by atoms with E-state index in [1.54, 1.807) is 20.8 Å². The van der Waals surface area contributed by atoms with Gasteiger partial charge in [0.25, 0.3) is 11.2 Å². The van der Waals surface area contributed by atoms with Gasteiger partial charge in [0, 0.05) is 36.5 Å². The molecule has 15 nitrogen and oxygen atoms in total. The van der Waals surface area contributed by atoms with Crippen molar-refractivity contribution in [2.24, 2.45) is 0 Å². The minimum atomic E-state index is -2.59. The van der Waals surface area contributed by atoms with Crippen LogP contribution in [0.1, 0.15) is 75.0 Å². The fraction of sp³-hybridized carbons (Fsp3) is 0.647. The summed E-state index contributed by atoms with van der Waals surface area (Å²) < 4.78 is 27.7. The Morgan fingerprint density at radius 2 is 1.45 bits per heavy atom. The molecule has 1 saturated heterocycles. The Bertz CT molecular complexity index is 1690. The molecule has 0 unspecified atom stereocenters. The number of carbonyl (C=O) groups excluding carboxylic acids is 2. The highest BCUT2D eigenvalue weighted by molar-refractivity contribution is 6.74. The molecular formula is C34H55N5O10Si2. The zero-order valence-electron chi connectivity index (χ0n) is 32.0. The molecule has 284 valence electrons. The van der Waals surface area contributed by atoms with Crippen LogP contribution in [0, 0.1) is 10.1 Å². The number of nitro benzene ring substituents is 1. The number of rotatable bonds is 11. The SMILES string of the molecule is CC(C)(C)OC(=O)[C@@H](C[C@H]1O[C@@H](n2ccc(=O)[nH]c2=O)[C@H](O[Si](C)(C)C(C)(C)C)[C@@H]1O[Si](C)(C)C(C)(C)C)NC(=O)Nc1ccc([N+](=O)[O-])cc1. The van der Waals surface area contributed by atoms with Crippen LogP contribution in [-0.4, -0.2) is 73.1 Å². The van der Waals surface area contributed by atoms with Crippen LogP contribution in [0.4, 0.5) is 16.2 Å². The number of H-pyrrole nitrogens is 1. The van der Waals surface area contributed by atoms with E-state index in [-0.39, 0.29) is 27.9 Å². The number of nitro groups is 1. The number of esters is 1. The van der Waals surface area contributed by atoms with Crippen molar-refractivity contribution in [1.29, 1.82) is 0 Å². The quantitative estimate of drug-likeness (QED) is 0.105. The van der Waals surface area contributed by atoms with Gasteiger partial charge in [0.2, 0.25) is 0 Å². The second kappa shape index (κ2) is 15.1. The molecule has 2 amide bonds. The first-order chi connectivity index (χ1) is 23.1. The number of nitrogens with zero attached hydrogens (tertiary/aromatic N) is 2. The van der Waals surface area contributed by atoms with Gasteiger partial charge in [0.05, 0.1) is 11.0 Å². The average Bonchev–Trinajstić information content (AvgIpc) is 3.25. The first-order valence-electron chi connectivity index (χ1n) is 17.0. The van der Waals surface area contributed by atoms with E-state index in [4.69, 9.17) is 18.3 Å². The van der Waals surface area contributed by atoms with Gasteiger partial charge in [-0.15, -0.1) is 0 Å². The van der Waals surface area contributed by atoms with Gasteiger partial charge in [-0.25, -0.2) is 14.4 Å². The van der Waals surface area contributed by atoms with Gasteiger partial charge in [-0.3, -0.25) is 24.5 Å². The molecule has 3 N–H and O–H groups in total. The van der Waals surface area contributed by atoms with Gasteiger partial charge in [-0.1, -0.05) is 41.5 Å². The lowest BCUT2D eigenvalue weighted by molar-refractivity contribution is -0.384. The third-order valence-corrected chi connectivity index (χ3v) is 18.6. The van der Waals surface area contributed by atoms with Crippen LogP contribution in [-0.2, 0) is 23.1 Å². The molecule has 51 heavy (non-hydrogen) atoms.